The maximum Gasteiger partial charge on any atom is 0.155 e. The molecule has 0 atom stereocenters. The summed E-state index contributed by atoms with van der Waals surface area (Å²) in [5.41, 5.74) is 2.92. The predicted molar refractivity (Wildman–Crippen MR) is 68.1 cm³/mol. The fourth-order valence-corrected chi connectivity index (χ4v) is 1.60. The fourth-order valence-electron chi connectivity index (χ4n) is 1.42. The predicted octanol–water partition coefficient (Wildman–Crippen LogP) is 2.75. The summed E-state index contributed by atoms with van der Waals surface area (Å²) in [6.07, 6.45) is 1.77. The van der Waals surface area contributed by atoms with E-state index in [2.05, 4.69) is 20.5 Å². The average molecular weight is 249 g/mol. The Morgan fingerprint density at radius 1 is 1.18 bits per heavy atom. The number of nitrogens with one attached hydrogen (secondary N) is 1. The van der Waals surface area contributed by atoms with Crippen LogP contribution >= 0.6 is 11.6 Å². The number of halogens is 1. The highest BCUT2D eigenvalue weighted by Gasteiger charge is 2.07. The highest BCUT2D eigenvalue weighted by molar-refractivity contribution is 6.30. The maximum absolute atomic E-state index is 5.89. The second kappa shape index (κ2) is 5.10. The van der Waals surface area contributed by atoms with Gasteiger partial charge in [0.15, 0.2) is 11.0 Å². The summed E-state index contributed by atoms with van der Waals surface area (Å²) in [4.78, 5) is 4.23. The van der Waals surface area contributed by atoms with Crippen LogP contribution in [0.15, 0.2) is 24.4 Å². The largest absolute Gasteiger partial charge is 0.363 e. The summed E-state index contributed by atoms with van der Waals surface area (Å²) in [5, 5.41) is 11.6. The Labute approximate surface area is 105 Å². The molecule has 2 heterocycles. The molecule has 2 aromatic heterocycles. The van der Waals surface area contributed by atoms with E-state index in [9.17, 15) is 0 Å². The summed E-state index contributed by atoms with van der Waals surface area (Å²) < 4.78 is 0. The zero-order valence-corrected chi connectivity index (χ0v) is 10.5. The average Bonchev–Trinajstić information content (AvgIpc) is 2.36. The van der Waals surface area contributed by atoms with Gasteiger partial charge in [0.25, 0.3) is 0 Å². The molecular weight excluding hydrogens is 236 g/mol. The van der Waals surface area contributed by atoms with Crippen molar-refractivity contribution in [2.24, 2.45) is 0 Å². The van der Waals surface area contributed by atoms with Crippen LogP contribution in [-0.4, -0.2) is 15.2 Å². The van der Waals surface area contributed by atoms with Crippen molar-refractivity contribution in [1.82, 2.24) is 15.2 Å². The number of nitrogens with zero attached hydrogens (tertiary/aromatic N) is 3. The first-order valence-corrected chi connectivity index (χ1v) is 5.69. The van der Waals surface area contributed by atoms with Crippen LogP contribution in [-0.2, 0) is 6.54 Å². The Kier molecular flexibility index (Phi) is 3.54. The van der Waals surface area contributed by atoms with Crippen molar-refractivity contribution in [3.8, 4) is 0 Å². The van der Waals surface area contributed by atoms with Gasteiger partial charge < -0.3 is 5.32 Å². The SMILES string of the molecule is Cc1c(Cl)nnc(NCc2ccccn2)c1C. The van der Waals surface area contributed by atoms with Gasteiger partial charge in [-0.15, -0.1) is 10.2 Å². The second-order valence-corrected chi connectivity index (χ2v) is 4.12. The van der Waals surface area contributed by atoms with E-state index in [1.165, 1.54) is 0 Å². The number of pyridine rings is 1. The molecule has 5 heteroatoms. The molecule has 2 aromatic rings. The zero-order chi connectivity index (χ0) is 12.3. The minimum atomic E-state index is 0.450. The number of hydrogen-bond donors (Lipinski definition) is 1. The minimum absolute atomic E-state index is 0.450. The molecule has 0 spiro atoms. The lowest BCUT2D eigenvalue weighted by Crippen LogP contribution is -2.06. The van der Waals surface area contributed by atoms with E-state index in [-0.39, 0.29) is 0 Å². The normalized spacial score (nSPS) is 10.3. The van der Waals surface area contributed by atoms with Crippen LogP contribution in [0.5, 0.6) is 0 Å². The van der Waals surface area contributed by atoms with Crippen molar-refractivity contribution >= 4 is 17.4 Å². The molecule has 0 bridgehead atoms. The Morgan fingerprint density at radius 3 is 2.71 bits per heavy atom. The molecule has 0 unspecified atom stereocenters. The van der Waals surface area contributed by atoms with E-state index in [0.717, 1.165) is 22.6 Å². The molecule has 4 nitrogen and oxygen atoms in total. The Hall–Kier alpha value is -1.68. The van der Waals surface area contributed by atoms with Gasteiger partial charge >= 0.3 is 0 Å². The van der Waals surface area contributed by atoms with Gasteiger partial charge in [-0.2, -0.15) is 0 Å². The van der Waals surface area contributed by atoms with Gasteiger partial charge in [-0.1, -0.05) is 17.7 Å². The molecule has 0 saturated heterocycles. The van der Waals surface area contributed by atoms with E-state index in [0.29, 0.717) is 11.7 Å². The zero-order valence-electron chi connectivity index (χ0n) is 9.74. The fraction of sp³-hybridized carbons (Fsp3) is 0.250. The third-order valence-electron chi connectivity index (χ3n) is 2.63. The molecule has 0 saturated carbocycles. The quantitative estimate of drug-likeness (QED) is 0.908. The standard InChI is InChI=1S/C12H13ClN4/c1-8-9(2)12(17-16-11(8)13)15-7-10-5-3-4-6-14-10/h3-6H,7H2,1-2H3,(H,15,17). The Balaban J connectivity index is 2.13. The van der Waals surface area contributed by atoms with Gasteiger partial charge in [-0.3, -0.25) is 4.98 Å². The molecule has 0 amide bonds. The lowest BCUT2D eigenvalue weighted by atomic mass is 10.2. The van der Waals surface area contributed by atoms with Gasteiger partial charge in [-0.25, -0.2) is 0 Å². The Bertz CT molecular complexity index is 513. The molecule has 1 N–H and O–H groups in total. The van der Waals surface area contributed by atoms with Gasteiger partial charge in [0.05, 0.1) is 12.2 Å². The summed E-state index contributed by atoms with van der Waals surface area (Å²) in [7, 11) is 0. The van der Waals surface area contributed by atoms with Gasteiger partial charge in [0.1, 0.15) is 0 Å². The molecule has 0 aromatic carbocycles. The third-order valence-corrected chi connectivity index (χ3v) is 2.99. The second-order valence-electron chi connectivity index (χ2n) is 3.76. The van der Waals surface area contributed by atoms with Crippen molar-refractivity contribution in [3.05, 3.63) is 46.4 Å². The molecule has 2 rings (SSSR count). The highest BCUT2D eigenvalue weighted by Crippen LogP contribution is 2.20. The summed E-state index contributed by atoms with van der Waals surface area (Å²) >= 11 is 5.89. The van der Waals surface area contributed by atoms with Crippen LogP contribution in [0.4, 0.5) is 5.82 Å². The number of anilines is 1. The van der Waals surface area contributed by atoms with Crippen molar-refractivity contribution < 1.29 is 0 Å². The lowest BCUT2D eigenvalue weighted by molar-refractivity contribution is 0.955. The van der Waals surface area contributed by atoms with E-state index in [1.54, 1.807) is 6.20 Å². The summed E-state index contributed by atoms with van der Waals surface area (Å²) in [6, 6.07) is 5.80. The van der Waals surface area contributed by atoms with Crippen LogP contribution in [0.25, 0.3) is 0 Å². The number of rotatable bonds is 3. The Morgan fingerprint density at radius 2 is 2.00 bits per heavy atom. The number of hydrogen-bond acceptors (Lipinski definition) is 4. The van der Waals surface area contributed by atoms with E-state index in [1.807, 2.05) is 32.0 Å². The van der Waals surface area contributed by atoms with Crippen molar-refractivity contribution in [1.29, 1.82) is 0 Å². The van der Waals surface area contributed by atoms with Gasteiger partial charge in [-0.05, 0) is 37.1 Å². The van der Waals surface area contributed by atoms with Gasteiger partial charge in [0.2, 0.25) is 0 Å². The minimum Gasteiger partial charge on any atom is -0.363 e. The van der Waals surface area contributed by atoms with Crippen LogP contribution < -0.4 is 5.32 Å². The van der Waals surface area contributed by atoms with E-state index >= 15 is 0 Å². The molecular formula is C12H13ClN4. The first-order valence-electron chi connectivity index (χ1n) is 5.31. The van der Waals surface area contributed by atoms with Crippen molar-refractivity contribution in [3.63, 3.8) is 0 Å². The summed E-state index contributed by atoms with van der Waals surface area (Å²) in [6.45, 7) is 4.52. The third kappa shape index (κ3) is 2.71. The molecule has 0 radical (unpaired) electrons. The first kappa shape index (κ1) is 11.8. The highest BCUT2D eigenvalue weighted by atomic mass is 35.5. The molecule has 0 aliphatic rings. The lowest BCUT2D eigenvalue weighted by Gasteiger charge is -2.09. The topological polar surface area (TPSA) is 50.7 Å². The molecule has 17 heavy (non-hydrogen) atoms. The van der Waals surface area contributed by atoms with E-state index in [4.69, 9.17) is 11.6 Å². The molecule has 0 aliphatic carbocycles. The van der Waals surface area contributed by atoms with Crippen LogP contribution in [0.2, 0.25) is 5.15 Å². The monoisotopic (exact) mass is 248 g/mol. The maximum atomic E-state index is 5.89. The summed E-state index contributed by atoms with van der Waals surface area (Å²) in [5.74, 6) is 0.748. The molecule has 88 valence electrons. The van der Waals surface area contributed by atoms with Crippen LogP contribution in [0.1, 0.15) is 16.8 Å². The first-order chi connectivity index (χ1) is 8.18. The van der Waals surface area contributed by atoms with Crippen LogP contribution in [0.3, 0.4) is 0 Å². The smallest absolute Gasteiger partial charge is 0.155 e. The van der Waals surface area contributed by atoms with E-state index < -0.39 is 0 Å². The van der Waals surface area contributed by atoms with Crippen LogP contribution in [0, 0.1) is 13.8 Å². The molecule has 0 aliphatic heterocycles. The molecule has 0 fully saturated rings. The number of aromatic nitrogens is 3. The van der Waals surface area contributed by atoms with Gasteiger partial charge in [0, 0.05) is 6.20 Å². The van der Waals surface area contributed by atoms with Crippen molar-refractivity contribution in [2.45, 2.75) is 20.4 Å². The van der Waals surface area contributed by atoms with Crippen molar-refractivity contribution in [2.75, 3.05) is 5.32 Å².